The summed E-state index contributed by atoms with van der Waals surface area (Å²) in [5.41, 5.74) is 14.4. The summed E-state index contributed by atoms with van der Waals surface area (Å²) in [5, 5.41) is 20.3. The molecule has 6 fully saturated rings. The van der Waals surface area contributed by atoms with Gasteiger partial charge in [-0.1, -0.05) is 109 Å². The highest BCUT2D eigenvalue weighted by atomic mass is 32.1. The van der Waals surface area contributed by atoms with Crippen molar-refractivity contribution in [2.45, 2.75) is 39.7 Å². The highest BCUT2D eigenvalue weighted by molar-refractivity contribution is 7.27. The number of carbonyl (C=O) groups excluding carboxylic acids is 5. The Morgan fingerprint density at radius 2 is 0.667 bits per heavy atom. The minimum absolute atomic E-state index is 0.0251. The number of fused-ring (bicyclic) bond motifs is 12. The average molecular weight is 1920 g/mol. The lowest BCUT2D eigenvalue weighted by Crippen LogP contribution is -2.50. The van der Waals surface area contributed by atoms with E-state index >= 15 is 0 Å². The molecular weight excluding hydrogens is 1810 g/mol. The van der Waals surface area contributed by atoms with E-state index in [4.69, 9.17) is 37.9 Å². The number of Topliss-reactive ketones (excluding diaryl/α,β-unsaturated/α-hetero) is 1. The van der Waals surface area contributed by atoms with Crippen LogP contribution >= 0.6 is 34.0 Å². The number of hydrogen-bond donors (Lipinski definition) is 5. The Balaban J connectivity index is 0.000000133. The molecule has 0 spiro atoms. The van der Waals surface area contributed by atoms with Gasteiger partial charge in [-0.05, 0) is 82.3 Å². The number of alkyl carbamates (subject to hydrolysis) is 1. The largest absolute Gasteiger partial charge is 0.444 e. The average Bonchev–Trinajstić information content (AvgIpc) is 1.62. The minimum Gasteiger partial charge on any atom is -0.444 e. The molecule has 12 heterocycles. The van der Waals surface area contributed by atoms with Crippen molar-refractivity contribution in [1.29, 1.82) is 0 Å². The van der Waals surface area contributed by atoms with Crippen molar-refractivity contribution < 1.29 is 56.2 Å². The van der Waals surface area contributed by atoms with E-state index < -0.39 is 11.7 Å². The highest BCUT2D eigenvalue weighted by Gasteiger charge is 2.31. The molecule has 4 amide bonds. The fourth-order valence-corrected chi connectivity index (χ4v) is 23.0. The standard InChI is InChI=1S/C38H43N5O6S.C35H36N4O5S.C33H35N5O4S/c1-38(2,3)49-37(46)39-13-14-41-15-17-42(18-16-41)24-32(45)40-29-12-11-26(36-34(29)28-7-4-5-10-31(28)50-36)25-8-6-9-27-30(44)23-33(48-35(25)27)43-19-21-47-22-20-43;1-23(40)11-12-37-13-15-38(16-14-37)22-31(42)36-28-10-9-25(35-33(28)27-5-2-3-8-30(27)45-35)24-6-4-7-26-29(41)21-32(44-34(24)26)39-17-19-43-20-18-39;34-10-11-36-12-14-37(15-13-36)21-29(40)35-26-9-8-23(33-31(26)25-4-1-2-7-28(25)43-33)22-5-3-6-24-27(39)20-30(42-32(22)24)38-16-18-41-19-17-38/h4-12,23H,13-22,24H2,1-3H3,(H,39,46)(H,40,45);2-10,21H,11-20,22H2,1H3,(H,36,42);1-9,20H,10-19,21,34H2,(H,35,40). The zero-order chi connectivity index (χ0) is 95.1. The summed E-state index contributed by atoms with van der Waals surface area (Å²) in [5.74, 6) is 1.73. The molecule has 6 aliphatic rings. The van der Waals surface area contributed by atoms with Gasteiger partial charge in [0.25, 0.3) is 0 Å². The summed E-state index contributed by atoms with van der Waals surface area (Å²) in [6.07, 6.45) is 0.163. The van der Waals surface area contributed by atoms with Gasteiger partial charge in [0.05, 0.1) is 92.5 Å². The van der Waals surface area contributed by atoms with Crippen LogP contribution in [0.3, 0.4) is 0 Å². The van der Waals surface area contributed by atoms with Gasteiger partial charge in [0.15, 0.2) is 33.9 Å². The van der Waals surface area contributed by atoms with Gasteiger partial charge >= 0.3 is 6.09 Å². The van der Waals surface area contributed by atoms with E-state index in [2.05, 4.69) is 102 Å². The summed E-state index contributed by atoms with van der Waals surface area (Å²) in [4.78, 5) is 123. The number of thiophene rings is 3. The fraction of sp³-hybridized carbons (Fsp3) is 0.358. The molecule has 0 bridgehead atoms. The van der Waals surface area contributed by atoms with Crippen molar-refractivity contribution in [2.75, 3.05) is 240 Å². The van der Waals surface area contributed by atoms with Gasteiger partial charge in [-0.15, -0.1) is 34.0 Å². The third-order valence-electron chi connectivity index (χ3n) is 26.3. The molecule has 15 aromatic rings. The van der Waals surface area contributed by atoms with Crippen LogP contribution in [0.1, 0.15) is 34.1 Å². The summed E-state index contributed by atoms with van der Waals surface area (Å²) in [7, 11) is 0. The van der Waals surface area contributed by atoms with E-state index in [9.17, 15) is 38.4 Å². The van der Waals surface area contributed by atoms with Gasteiger partial charge in [0, 0.05) is 269 Å². The monoisotopic (exact) mass is 1920 g/mol. The molecule has 138 heavy (non-hydrogen) atoms. The van der Waals surface area contributed by atoms with Crippen molar-refractivity contribution >= 4 is 192 Å². The number of ketones is 1. The van der Waals surface area contributed by atoms with E-state index in [0.717, 1.165) is 209 Å². The number of rotatable bonds is 23. The number of para-hydroxylation sites is 3. The van der Waals surface area contributed by atoms with E-state index in [1.165, 1.54) is 0 Å². The normalized spacial score (nSPS) is 16.5. The number of carbonyl (C=O) groups is 5. The van der Waals surface area contributed by atoms with Crippen LogP contribution in [0.15, 0.2) is 210 Å². The maximum atomic E-state index is 13.5. The summed E-state index contributed by atoms with van der Waals surface area (Å²) in [6.45, 7) is 29.2. The van der Waals surface area contributed by atoms with Crippen LogP contribution in [0, 0.1) is 0 Å². The second kappa shape index (κ2) is 42.5. The zero-order valence-electron chi connectivity index (χ0n) is 78.1. The number of piperazine rings is 3. The topological polar surface area (TPSA) is 316 Å². The molecule has 21 rings (SSSR count). The van der Waals surface area contributed by atoms with Crippen molar-refractivity contribution in [1.82, 2.24) is 34.7 Å². The Hall–Kier alpha value is -12.4. The lowest BCUT2D eigenvalue weighted by atomic mass is 9.99. The Bertz CT molecular complexity index is 7250. The van der Waals surface area contributed by atoms with Gasteiger partial charge < -0.3 is 78.8 Å². The number of nitrogens with zero attached hydrogens (tertiary/aromatic N) is 9. The third kappa shape index (κ3) is 21.4. The maximum absolute atomic E-state index is 13.5. The van der Waals surface area contributed by atoms with E-state index in [-0.39, 0.29) is 46.3 Å². The van der Waals surface area contributed by atoms with Gasteiger partial charge in [-0.3, -0.25) is 58.1 Å². The number of anilines is 6. The molecule has 0 aliphatic carbocycles. The first-order valence-corrected chi connectivity index (χ1v) is 50.0. The molecule has 0 saturated carbocycles. The fourth-order valence-electron chi connectivity index (χ4n) is 19.2. The zero-order valence-corrected chi connectivity index (χ0v) is 80.6. The predicted octanol–water partition coefficient (Wildman–Crippen LogP) is 15.1. The smallest absolute Gasteiger partial charge is 0.407 e. The van der Waals surface area contributed by atoms with Crippen molar-refractivity contribution in [3.8, 4) is 33.4 Å². The Morgan fingerprint density at radius 3 is 0.986 bits per heavy atom. The van der Waals surface area contributed by atoms with E-state index in [1.54, 1.807) is 59.1 Å². The van der Waals surface area contributed by atoms with Crippen molar-refractivity contribution in [3.05, 3.63) is 213 Å². The Kier molecular flexibility index (Phi) is 29.1. The van der Waals surface area contributed by atoms with E-state index in [0.29, 0.717) is 162 Å². The molecule has 0 radical (unpaired) electrons. The molecule has 6 saturated heterocycles. The molecular formula is C106H114N14O15S3. The molecule has 9 aromatic carbocycles. The molecule has 6 N–H and O–H groups in total. The minimum atomic E-state index is -0.524. The van der Waals surface area contributed by atoms with Crippen LogP contribution in [-0.4, -0.2) is 274 Å². The Labute approximate surface area is 809 Å². The van der Waals surface area contributed by atoms with Crippen LogP contribution in [0.5, 0.6) is 0 Å². The van der Waals surface area contributed by atoms with Gasteiger partial charge in [-0.2, -0.15) is 0 Å². The van der Waals surface area contributed by atoms with Crippen molar-refractivity contribution in [2.24, 2.45) is 5.73 Å². The number of ether oxygens (including phenoxy) is 4. The molecule has 716 valence electrons. The number of nitrogens with two attached hydrogens (primary N) is 1. The van der Waals surface area contributed by atoms with Crippen LogP contribution in [0.2, 0.25) is 0 Å². The second-order valence-corrected chi connectivity index (χ2v) is 39.9. The van der Waals surface area contributed by atoms with Crippen molar-refractivity contribution in [3.63, 3.8) is 0 Å². The summed E-state index contributed by atoms with van der Waals surface area (Å²) < 4.78 is 47.8. The number of hydrogen-bond acceptors (Lipinski definition) is 28. The Morgan fingerprint density at radius 1 is 0.362 bits per heavy atom. The highest BCUT2D eigenvalue weighted by Crippen LogP contribution is 2.49. The number of amides is 4. The summed E-state index contributed by atoms with van der Waals surface area (Å²) in [6, 6.07) is 58.6. The van der Waals surface area contributed by atoms with Crippen LogP contribution in [-0.2, 0) is 38.1 Å². The quantitative estimate of drug-likeness (QED) is 0.0397. The van der Waals surface area contributed by atoms with Gasteiger partial charge in [0.1, 0.15) is 28.1 Å². The molecule has 29 nitrogen and oxygen atoms in total. The lowest BCUT2D eigenvalue weighted by molar-refractivity contribution is -0.118. The van der Waals surface area contributed by atoms with Crippen LogP contribution in [0.25, 0.3) is 127 Å². The number of nitrogens with one attached hydrogen (secondary N) is 4. The predicted molar refractivity (Wildman–Crippen MR) is 555 cm³/mol. The van der Waals surface area contributed by atoms with Gasteiger partial charge in [-0.25, -0.2) is 4.79 Å². The third-order valence-corrected chi connectivity index (χ3v) is 29.9. The summed E-state index contributed by atoms with van der Waals surface area (Å²) >= 11 is 5.03. The van der Waals surface area contributed by atoms with Crippen LogP contribution < -0.4 is 58.0 Å². The lowest BCUT2D eigenvalue weighted by Gasteiger charge is -2.34. The van der Waals surface area contributed by atoms with E-state index in [1.807, 2.05) is 148 Å². The SMILES string of the molecule is CC(=O)CCN1CCN(CC(=O)Nc2ccc(-c3cccc4c(=O)cc(N5CCOCC5)oc34)c3sc4ccccc4c23)CC1.CC(C)(C)OC(=O)NCCN1CCN(CC(=O)Nc2ccc(-c3cccc4c(=O)cc(N5CCOCC5)oc34)c3sc4ccccc4c23)CC1.NCCN1CCN(CC(=O)Nc2ccc(-c3cccc4c(=O)cc(N5CCOCC5)oc34)c3sc4ccccc4c23)CC1. The maximum Gasteiger partial charge on any atom is 0.407 e. The first-order valence-electron chi connectivity index (χ1n) is 47.6. The molecule has 0 atom stereocenters. The molecule has 6 aromatic heterocycles. The molecule has 32 heteroatoms. The number of morpholine rings is 3. The molecule has 6 aliphatic heterocycles. The first-order chi connectivity index (χ1) is 67.2. The first kappa shape index (κ1) is 94.6. The van der Waals surface area contributed by atoms with Crippen LogP contribution in [0.4, 0.5) is 39.5 Å². The van der Waals surface area contributed by atoms with Gasteiger partial charge in [0.2, 0.25) is 17.7 Å². The second-order valence-electron chi connectivity index (χ2n) is 36.7. The number of benzene rings is 9. The molecule has 0 unspecified atom stereocenters.